The largest absolute Gasteiger partial charge is 0.373 e. The summed E-state index contributed by atoms with van der Waals surface area (Å²) in [4.78, 5) is 32.1. The number of rotatable bonds is 1. The van der Waals surface area contributed by atoms with E-state index in [1.54, 1.807) is 4.90 Å². The first-order valence-electron chi connectivity index (χ1n) is 8.92. The van der Waals surface area contributed by atoms with Crippen molar-refractivity contribution < 1.29 is 9.18 Å². The van der Waals surface area contributed by atoms with Crippen LogP contribution in [0, 0.1) is 5.82 Å². The van der Waals surface area contributed by atoms with Crippen molar-refractivity contribution in [1.82, 2.24) is 4.98 Å². The SMILES string of the molecule is CC1CCN(C)c2ccccc2N1C(=O)c1cc(=O)[nH]c2ccc(F)cc12. The van der Waals surface area contributed by atoms with Crippen molar-refractivity contribution in [2.24, 2.45) is 0 Å². The monoisotopic (exact) mass is 365 g/mol. The number of carbonyl (C=O) groups excluding carboxylic acids is 1. The minimum atomic E-state index is -0.451. The summed E-state index contributed by atoms with van der Waals surface area (Å²) in [5.74, 6) is -0.750. The average Bonchev–Trinajstić information content (AvgIpc) is 2.78. The van der Waals surface area contributed by atoms with Crippen LogP contribution in [0.5, 0.6) is 0 Å². The second-order valence-corrected chi connectivity index (χ2v) is 6.96. The maximum Gasteiger partial charge on any atom is 0.259 e. The first-order chi connectivity index (χ1) is 13.0. The molecule has 1 aromatic heterocycles. The van der Waals surface area contributed by atoms with Crippen LogP contribution in [0.1, 0.15) is 23.7 Å². The third-order valence-electron chi connectivity index (χ3n) is 5.13. The topological polar surface area (TPSA) is 56.4 Å². The van der Waals surface area contributed by atoms with Crippen molar-refractivity contribution in [3.05, 3.63) is 70.3 Å². The Hall–Kier alpha value is -3.15. The Morgan fingerprint density at radius 2 is 1.89 bits per heavy atom. The zero-order valence-corrected chi connectivity index (χ0v) is 15.2. The fraction of sp³-hybridized carbons (Fsp3) is 0.238. The van der Waals surface area contributed by atoms with Crippen LogP contribution >= 0.6 is 0 Å². The Kier molecular flexibility index (Phi) is 4.18. The standard InChI is InChI=1S/C21H20FN3O2/c1-13-9-10-24(2)18-5-3-4-6-19(18)25(13)21(27)16-12-20(26)23-17-8-7-14(22)11-15(16)17/h3-8,11-13H,9-10H2,1-2H3,(H,23,26). The van der Waals surface area contributed by atoms with Crippen LogP contribution in [0.15, 0.2) is 53.3 Å². The highest BCUT2D eigenvalue weighted by molar-refractivity contribution is 6.14. The fourth-order valence-electron chi connectivity index (χ4n) is 3.70. The first kappa shape index (κ1) is 17.3. The second-order valence-electron chi connectivity index (χ2n) is 6.96. The lowest BCUT2D eigenvalue weighted by Gasteiger charge is -2.29. The van der Waals surface area contributed by atoms with Gasteiger partial charge >= 0.3 is 0 Å². The molecular formula is C21H20FN3O2. The van der Waals surface area contributed by atoms with Gasteiger partial charge in [0.25, 0.3) is 5.91 Å². The molecule has 138 valence electrons. The van der Waals surface area contributed by atoms with Crippen LogP contribution in [0.3, 0.4) is 0 Å². The van der Waals surface area contributed by atoms with Gasteiger partial charge in [-0.1, -0.05) is 12.1 Å². The molecule has 0 aliphatic carbocycles. The van der Waals surface area contributed by atoms with Crippen LogP contribution in [0.2, 0.25) is 0 Å². The molecule has 0 saturated heterocycles. The van der Waals surface area contributed by atoms with E-state index in [4.69, 9.17) is 0 Å². The molecule has 1 atom stereocenters. The Labute approximate surface area is 156 Å². The molecule has 2 heterocycles. The first-order valence-corrected chi connectivity index (χ1v) is 8.92. The zero-order valence-electron chi connectivity index (χ0n) is 15.2. The Morgan fingerprint density at radius 1 is 1.15 bits per heavy atom. The summed E-state index contributed by atoms with van der Waals surface area (Å²) in [6.07, 6.45) is 0.784. The van der Waals surface area contributed by atoms with Gasteiger partial charge in [-0.15, -0.1) is 0 Å². The lowest BCUT2D eigenvalue weighted by Crippen LogP contribution is -2.39. The number of amides is 1. The molecule has 0 bridgehead atoms. The predicted octanol–water partition coefficient (Wildman–Crippen LogP) is 3.54. The molecule has 0 radical (unpaired) electrons. The maximum absolute atomic E-state index is 13.8. The highest BCUT2D eigenvalue weighted by Crippen LogP contribution is 2.35. The molecule has 4 rings (SSSR count). The van der Waals surface area contributed by atoms with E-state index in [9.17, 15) is 14.0 Å². The number of anilines is 2. The van der Waals surface area contributed by atoms with E-state index in [0.717, 1.165) is 24.3 Å². The summed E-state index contributed by atoms with van der Waals surface area (Å²) < 4.78 is 13.8. The highest BCUT2D eigenvalue weighted by Gasteiger charge is 2.30. The minimum Gasteiger partial charge on any atom is -0.373 e. The van der Waals surface area contributed by atoms with Crippen molar-refractivity contribution in [2.45, 2.75) is 19.4 Å². The van der Waals surface area contributed by atoms with E-state index in [0.29, 0.717) is 10.9 Å². The van der Waals surface area contributed by atoms with Gasteiger partial charge in [-0.05, 0) is 43.7 Å². The van der Waals surface area contributed by atoms with Crippen LogP contribution in [-0.4, -0.2) is 30.5 Å². The van der Waals surface area contributed by atoms with E-state index in [2.05, 4.69) is 9.88 Å². The van der Waals surface area contributed by atoms with Gasteiger partial charge in [-0.25, -0.2) is 4.39 Å². The van der Waals surface area contributed by atoms with Crippen LogP contribution in [0.4, 0.5) is 15.8 Å². The fourth-order valence-corrected chi connectivity index (χ4v) is 3.70. The van der Waals surface area contributed by atoms with Crippen molar-refractivity contribution in [1.29, 1.82) is 0 Å². The normalized spacial score (nSPS) is 16.9. The summed E-state index contributed by atoms with van der Waals surface area (Å²) in [5, 5.41) is 0.405. The van der Waals surface area contributed by atoms with Gasteiger partial charge in [0.15, 0.2) is 0 Å². The Bertz CT molecular complexity index is 1090. The van der Waals surface area contributed by atoms with Gasteiger partial charge in [-0.3, -0.25) is 9.59 Å². The molecule has 1 amide bonds. The summed E-state index contributed by atoms with van der Waals surface area (Å²) in [7, 11) is 2.00. The molecule has 1 N–H and O–H groups in total. The van der Waals surface area contributed by atoms with Crippen molar-refractivity contribution in [3.8, 4) is 0 Å². The van der Waals surface area contributed by atoms with Gasteiger partial charge in [-0.2, -0.15) is 0 Å². The number of aromatic nitrogens is 1. The molecule has 1 aliphatic rings. The molecule has 27 heavy (non-hydrogen) atoms. The number of pyridine rings is 1. The predicted molar refractivity (Wildman–Crippen MR) is 105 cm³/mol. The van der Waals surface area contributed by atoms with E-state index in [1.165, 1.54) is 24.3 Å². The lowest BCUT2D eigenvalue weighted by molar-refractivity contribution is 0.0979. The molecule has 2 aromatic carbocycles. The third-order valence-corrected chi connectivity index (χ3v) is 5.13. The van der Waals surface area contributed by atoms with Crippen molar-refractivity contribution in [2.75, 3.05) is 23.4 Å². The number of fused-ring (bicyclic) bond motifs is 2. The molecule has 1 unspecified atom stereocenters. The molecule has 0 fully saturated rings. The maximum atomic E-state index is 13.8. The minimum absolute atomic E-state index is 0.0634. The third kappa shape index (κ3) is 2.97. The molecule has 0 saturated carbocycles. The average molecular weight is 365 g/mol. The quantitative estimate of drug-likeness (QED) is 0.718. The summed E-state index contributed by atoms with van der Waals surface area (Å²) in [6.45, 7) is 2.80. The number of para-hydroxylation sites is 2. The molecule has 3 aromatic rings. The number of nitrogens with one attached hydrogen (secondary N) is 1. The summed E-state index contributed by atoms with van der Waals surface area (Å²) in [6, 6.07) is 12.9. The van der Waals surface area contributed by atoms with Gasteiger partial charge in [0.05, 0.1) is 16.9 Å². The van der Waals surface area contributed by atoms with Crippen molar-refractivity contribution >= 4 is 28.2 Å². The van der Waals surface area contributed by atoms with Crippen LogP contribution in [0.25, 0.3) is 10.9 Å². The molecular weight excluding hydrogens is 345 g/mol. The molecule has 1 aliphatic heterocycles. The van der Waals surface area contributed by atoms with E-state index in [-0.39, 0.29) is 23.1 Å². The summed E-state index contributed by atoms with van der Waals surface area (Å²) >= 11 is 0. The van der Waals surface area contributed by atoms with Gasteiger partial charge in [0, 0.05) is 36.6 Å². The Morgan fingerprint density at radius 3 is 2.67 bits per heavy atom. The number of benzene rings is 2. The zero-order chi connectivity index (χ0) is 19.1. The van der Waals surface area contributed by atoms with Gasteiger partial charge in [0.2, 0.25) is 5.56 Å². The smallest absolute Gasteiger partial charge is 0.259 e. The number of hydrogen-bond acceptors (Lipinski definition) is 3. The van der Waals surface area contributed by atoms with Crippen LogP contribution < -0.4 is 15.4 Å². The molecule has 0 spiro atoms. The number of aromatic amines is 1. The second kappa shape index (κ2) is 6.54. The summed E-state index contributed by atoms with van der Waals surface area (Å²) in [5.41, 5.74) is 2.01. The lowest BCUT2D eigenvalue weighted by atomic mass is 10.1. The van der Waals surface area contributed by atoms with E-state index in [1.807, 2.05) is 38.2 Å². The van der Waals surface area contributed by atoms with Gasteiger partial charge in [0.1, 0.15) is 5.82 Å². The molecule has 6 heteroatoms. The number of hydrogen-bond donors (Lipinski definition) is 1. The van der Waals surface area contributed by atoms with Crippen molar-refractivity contribution in [3.63, 3.8) is 0 Å². The highest BCUT2D eigenvalue weighted by atomic mass is 19.1. The number of halogens is 1. The molecule has 5 nitrogen and oxygen atoms in total. The number of nitrogens with zero attached hydrogens (tertiary/aromatic N) is 2. The van der Waals surface area contributed by atoms with Gasteiger partial charge < -0.3 is 14.8 Å². The Balaban J connectivity index is 1.92. The number of H-pyrrole nitrogens is 1. The number of carbonyl (C=O) groups is 1. The van der Waals surface area contributed by atoms with E-state index >= 15 is 0 Å². The van der Waals surface area contributed by atoms with E-state index < -0.39 is 5.82 Å². The van der Waals surface area contributed by atoms with Crippen LogP contribution in [-0.2, 0) is 0 Å².